The maximum Gasteiger partial charge on any atom is 0.236 e. The van der Waals surface area contributed by atoms with E-state index in [0.717, 1.165) is 45.8 Å². The molecule has 0 spiro atoms. The summed E-state index contributed by atoms with van der Waals surface area (Å²) in [4.78, 5) is 18.6. The monoisotopic (exact) mass is 337 g/mol. The molecule has 134 valence electrons. The van der Waals surface area contributed by atoms with Crippen molar-refractivity contribution in [3.63, 3.8) is 0 Å². The molecule has 0 unspecified atom stereocenters. The first kappa shape index (κ1) is 18.7. The summed E-state index contributed by atoms with van der Waals surface area (Å²) in [5.41, 5.74) is 0. The molecule has 5 nitrogen and oxygen atoms in total. The Labute approximate surface area is 144 Å². The van der Waals surface area contributed by atoms with Crippen molar-refractivity contribution in [2.45, 2.75) is 13.8 Å². The molecule has 0 N–H and O–H groups in total. The largest absolute Gasteiger partial charge is 0.492 e. The van der Waals surface area contributed by atoms with Crippen molar-refractivity contribution >= 4 is 5.91 Å². The topological polar surface area (TPSA) is 36.0 Å². The molecule has 6 heteroatoms. The lowest BCUT2D eigenvalue weighted by Crippen LogP contribution is -2.50. The molecule has 1 saturated heterocycles. The molecule has 1 fully saturated rings. The number of carbonyl (C=O) groups is 1. The predicted octanol–water partition coefficient (Wildman–Crippen LogP) is 1.69. The highest BCUT2D eigenvalue weighted by atomic mass is 19.1. The van der Waals surface area contributed by atoms with Crippen LogP contribution in [0.5, 0.6) is 5.75 Å². The quantitative estimate of drug-likeness (QED) is 0.723. The minimum atomic E-state index is -0.252. The lowest BCUT2D eigenvalue weighted by Gasteiger charge is -2.35. The Bertz CT molecular complexity index is 497. The number of carbonyl (C=O) groups excluding carboxylic acids is 1. The summed E-state index contributed by atoms with van der Waals surface area (Å²) in [6.45, 7) is 11.2. The van der Waals surface area contributed by atoms with E-state index < -0.39 is 0 Å². The Hall–Kier alpha value is -1.66. The second-order valence-electron chi connectivity index (χ2n) is 5.99. The van der Waals surface area contributed by atoms with Crippen LogP contribution in [0.4, 0.5) is 4.39 Å². The van der Waals surface area contributed by atoms with E-state index in [2.05, 4.69) is 9.80 Å². The zero-order valence-electron chi connectivity index (χ0n) is 14.7. The number of benzene rings is 1. The van der Waals surface area contributed by atoms with E-state index in [9.17, 15) is 9.18 Å². The fourth-order valence-electron chi connectivity index (χ4n) is 2.86. The van der Waals surface area contributed by atoms with Crippen LogP contribution in [-0.2, 0) is 4.79 Å². The Balaban J connectivity index is 1.64. The van der Waals surface area contributed by atoms with Gasteiger partial charge in [0.25, 0.3) is 0 Å². The minimum Gasteiger partial charge on any atom is -0.492 e. The molecule has 0 saturated carbocycles. The molecule has 24 heavy (non-hydrogen) atoms. The van der Waals surface area contributed by atoms with Crippen molar-refractivity contribution in [2.75, 3.05) is 59.0 Å². The maximum absolute atomic E-state index is 12.8. The number of amides is 1. The smallest absolute Gasteiger partial charge is 0.236 e. The molecular formula is C18H28FN3O2. The van der Waals surface area contributed by atoms with Crippen LogP contribution in [0.2, 0.25) is 0 Å². The predicted molar refractivity (Wildman–Crippen MR) is 92.7 cm³/mol. The van der Waals surface area contributed by atoms with Gasteiger partial charge in [0.1, 0.15) is 18.2 Å². The van der Waals surface area contributed by atoms with Crippen LogP contribution < -0.4 is 4.74 Å². The van der Waals surface area contributed by atoms with Crippen LogP contribution >= 0.6 is 0 Å². The van der Waals surface area contributed by atoms with Crippen molar-refractivity contribution in [2.24, 2.45) is 0 Å². The van der Waals surface area contributed by atoms with Crippen LogP contribution in [-0.4, -0.2) is 79.6 Å². The first-order chi connectivity index (χ1) is 11.6. The number of hydrogen-bond acceptors (Lipinski definition) is 4. The Morgan fingerprint density at radius 1 is 1.08 bits per heavy atom. The van der Waals surface area contributed by atoms with Crippen molar-refractivity contribution in [1.82, 2.24) is 14.7 Å². The van der Waals surface area contributed by atoms with Gasteiger partial charge >= 0.3 is 0 Å². The van der Waals surface area contributed by atoms with E-state index in [4.69, 9.17) is 4.74 Å². The second kappa shape index (κ2) is 9.59. The third-order valence-corrected chi connectivity index (χ3v) is 4.43. The second-order valence-corrected chi connectivity index (χ2v) is 5.99. The van der Waals surface area contributed by atoms with Gasteiger partial charge in [-0.2, -0.15) is 0 Å². The number of halogens is 1. The van der Waals surface area contributed by atoms with Gasteiger partial charge in [-0.1, -0.05) is 0 Å². The number of hydrogen-bond donors (Lipinski definition) is 0. The number of nitrogens with zero attached hydrogens (tertiary/aromatic N) is 3. The summed E-state index contributed by atoms with van der Waals surface area (Å²) >= 11 is 0. The van der Waals surface area contributed by atoms with E-state index in [-0.39, 0.29) is 11.7 Å². The average Bonchev–Trinajstić information content (AvgIpc) is 2.59. The van der Waals surface area contributed by atoms with E-state index in [1.165, 1.54) is 12.1 Å². The SMILES string of the molecule is CCN(CC)C(=O)CN1CCN(CCOc2ccc(F)cc2)CC1. The standard InChI is InChI=1S/C18H28FN3O2/c1-3-22(4-2)18(23)15-21-11-9-20(10-12-21)13-14-24-17-7-5-16(19)6-8-17/h5-8H,3-4,9-15H2,1-2H3. The van der Waals surface area contributed by atoms with Gasteiger partial charge in [0.15, 0.2) is 0 Å². The molecule has 2 rings (SSSR count). The van der Waals surface area contributed by atoms with Crippen LogP contribution in [0, 0.1) is 5.82 Å². The maximum atomic E-state index is 12.8. The minimum absolute atomic E-state index is 0.216. The summed E-state index contributed by atoms with van der Waals surface area (Å²) in [5, 5.41) is 0. The Morgan fingerprint density at radius 2 is 1.67 bits per heavy atom. The van der Waals surface area contributed by atoms with Crippen molar-refractivity contribution < 1.29 is 13.9 Å². The van der Waals surface area contributed by atoms with Gasteiger partial charge in [-0.05, 0) is 38.1 Å². The lowest BCUT2D eigenvalue weighted by molar-refractivity contribution is -0.132. The average molecular weight is 337 g/mol. The van der Waals surface area contributed by atoms with Gasteiger partial charge in [0.2, 0.25) is 5.91 Å². The number of likely N-dealkylation sites (N-methyl/N-ethyl adjacent to an activating group) is 1. The molecule has 0 bridgehead atoms. The summed E-state index contributed by atoms with van der Waals surface area (Å²) < 4.78 is 18.5. The highest BCUT2D eigenvalue weighted by Crippen LogP contribution is 2.11. The zero-order chi connectivity index (χ0) is 17.4. The zero-order valence-corrected chi connectivity index (χ0v) is 14.7. The molecular weight excluding hydrogens is 309 g/mol. The molecule has 1 amide bonds. The molecule has 0 atom stereocenters. The highest BCUT2D eigenvalue weighted by Gasteiger charge is 2.20. The van der Waals surface area contributed by atoms with Gasteiger partial charge < -0.3 is 9.64 Å². The molecule has 1 aliphatic rings. The van der Waals surface area contributed by atoms with Gasteiger partial charge in [0.05, 0.1) is 6.54 Å². The number of piperazine rings is 1. The van der Waals surface area contributed by atoms with E-state index in [1.54, 1.807) is 12.1 Å². The molecule has 1 aromatic carbocycles. The van der Waals surface area contributed by atoms with Crippen LogP contribution in [0.25, 0.3) is 0 Å². The molecule has 1 aromatic rings. The van der Waals surface area contributed by atoms with Gasteiger partial charge in [0, 0.05) is 45.8 Å². The van der Waals surface area contributed by atoms with E-state index in [0.29, 0.717) is 18.9 Å². The number of ether oxygens (including phenoxy) is 1. The summed E-state index contributed by atoms with van der Waals surface area (Å²) in [5.74, 6) is 0.658. The summed E-state index contributed by atoms with van der Waals surface area (Å²) in [7, 11) is 0. The van der Waals surface area contributed by atoms with Crippen molar-refractivity contribution in [3.05, 3.63) is 30.1 Å². The fraction of sp³-hybridized carbons (Fsp3) is 0.611. The van der Waals surface area contributed by atoms with Crippen LogP contribution in [0.3, 0.4) is 0 Å². The van der Waals surface area contributed by atoms with Gasteiger partial charge in [-0.25, -0.2) is 4.39 Å². The van der Waals surface area contributed by atoms with Crippen LogP contribution in [0.1, 0.15) is 13.8 Å². The molecule has 0 radical (unpaired) electrons. The molecule has 1 heterocycles. The Morgan fingerprint density at radius 3 is 2.25 bits per heavy atom. The van der Waals surface area contributed by atoms with Gasteiger partial charge in [-0.3, -0.25) is 14.6 Å². The molecule has 0 aliphatic carbocycles. The van der Waals surface area contributed by atoms with Crippen molar-refractivity contribution in [1.29, 1.82) is 0 Å². The first-order valence-electron chi connectivity index (χ1n) is 8.73. The summed E-state index contributed by atoms with van der Waals surface area (Å²) in [6.07, 6.45) is 0. The first-order valence-corrected chi connectivity index (χ1v) is 8.73. The third kappa shape index (κ3) is 5.76. The van der Waals surface area contributed by atoms with E-state index in [1.807, 2.05) is 18.7 Å². The molecule has 0 aromatic heterocycles. The third-order valence-electron chi connectivity index (χ3n) is 4.43. The lowest BCUT2D eigenvalue weighted by atomic mass is 10.3. The van der Waals surface area contributed by atoms with Crippen LogP contribution in [0.15, 0.2) is 24.3 Å². The van der Waals surface area contributed by atoms with E-state index >= 15 is 0 Å². The van der Waals surface area contributed by atoms with Gasteiger partial charge in [-0.15, -0.1) is 0 Å². The molecule has 1 aliphatic heterocycles. The summed E-state index contributed by atoms with van der Waals surface area (Å²) in [6, 6.07) is 6.10. The fourth-order valence-corrected chi connectivity index (χ4v) is 2.86. The highest BCUT2D eigenvalue weighted by molar-refractivity contribution is 5.78. The van der Waals surface area contributed by atoms with Crippen molar-refractivity contribution in [3.8, 4) is 5.75 Å². The number of rotatable bonds is 8. The Kier molecular flexibility index (Phi) is 7.46. The normalized spacial score (nSPS) is 16.1.